The van der Waals surface area contributed by atoms with Crippen molar-refractivity contribution in [1.29, 1.82) is 0 Å². The summed E-state index contributed by atoms with van der Waals surface area (Å²) in [6.07, 6.45) is 7.04. The van der Waals surface area contributed by atoms with Crippen molar-refractivity contribution in [2.24, 2.45) is 5.92 Å². The van der Waals surface area contributed by atoms with Crippen LogP contribution in [0.3, 0.4) is 0 Å². The van der Waals surface area contributed by atoms with E-state index in [0.717, 1.165) is 32.1 Å². The van der Waals surface area contributed by atoms with Gasteiger partial charge >= 0.3 is 0 Å². The van der Waals surface area contributed by atoms with Gasteiger partial charge in [0.25, 0.3) is 0 Å². The molecular weight excluding hydrogens is 264 g/mol. The number of nitrogens with zero attached hydrogens (tertiary/aromatic N) is 1. The standard InChI is InChI=1S/C17H30N2O2/c1-5-14-15(20)18-13(11-12(2)3)16(21)19(14)17(4)9-7-6-8-10-17/h12-14H,5-11H2,1-4H3,(H,18,20). The molecule has 1 aliphatic heterocycles. The fourth-order valence-electron chi connectivity index (χ4n) is 3.96. The van der Waals surface area contributed by atoms with Crippen LogP contribution in [-0.2, 0) is 9.59 Å². The fourth-order valence-corrected chi connectivity index (χ4v) is 3.96. The molecule has 2 aliphatic rings. The Kier molecular flexibility index (Phi) is 4.95. The minimum absolute atomic E-state index is 0.0366. The van der Waals surface area contributed by atoms with Gasteiger partial charge in [-0.25, -0.2) is 0 Å². The lowest BCUT2D eigenvalue weighted by atomic mass is 9.79. The molecule has 0 spiro atoms. The van der Waals surface area contributed by atoms with E-state index in [1.165, 1.54) is 6.42 Å². The number of amides is 2. The van der Waals surface area contributed by atoms with Gasteiger partial charge in [0.05, 0.1) is 0 Å². The first kappa shape index (κ1) is 16.3. The van der Waals surface area contributed by atoms with Crippen molar-refractivity contribution >= 4 is 11.8 Å². The lowest BCUT2D eigenvalue weighted by Crippen LogP contribution is -2.69. The van der Waals surface area contributed by atoms with E-state index in [1.54, 1.807) is 0 Å². The number of hydrogen-bond acceptors (Lipinski definition) is 2. The quantitative estimate of drug-likeness (QED) is 0.866. The maximum absolute atomic E-state index is 13.0. The number of nitrogens with one attached hydrogen (secondary N) is 1. The molecule has 0 bridgehead atoms. The molecule has 1 saturated carbocycles. The Morgan fingerprint density at radius 2 is 1.86 bits per heavy atom. The first-order valence-electron chi connectivity index (χ1n) is 8.52. The molecule has 1 aliphatic carbocycles. The predicted octanol–water partition coefficient (Wildman–Crippen LogP) is 2.86. The molecule has 2 unspecified atom stereocenters. The number of hydrogen-bond donors (Lipinski definition) is 1. The molecule has 0 aromatic rings. The van der Waals surface area contributed by atoms with Crippen LogP contribution in [0.2, 0.25) is 0 Å². The van der Waals surface area contributed by atoms with Crippen LogP contribution in [0.1, 0.15) is 72.6 Å². The second-order valence-corrected chi connectivity index (χ2v) is 7.38. The first-order valence-corrected chi connectivity index (χ1v) is 8.52. The van der Waals surface area contributed by atoms with Gasteiger partial charge in [-0.1, -0.05) is 40.0 Å². The van der Waals surface area contributed by atoms with E-state index in [4.69, 9.17) is 0 Å². The van der Waals surface area contributed by atoms with Crippen molar-refractivity contribution in [2.75, 3.05) is 0 Å². The molecule has 120 valence electrons. The van der Waals surface area contributed by atoms with Crippen molar-refractivity contribution in [2.45, 2.75) is 90.3 Å². The van der Waals surface area contributed by atoms with Crippen LogP contribution in [0.25, 0.3) is 0 Å². The maximum Gasteiger partial charge on any atom is 0.246 e. The molecule has 0 aromatic heterocycles. The molecule has 1 saturated heterocycles. The molecule has 21 heavy (non-hydrogen) atoms. The summed E-state index contributed by atoms with van der Waals surface area (Å²) in [6.45, 7) is 8.37. The summed E-state index contributed by atoms with van der Waals surface area (Å²) >= 11 is 0. The third kappa shape index (κ3) is 3.24. The monoisotopic (exact) mass is 294 g/mol. The summed E-state index contributed by atoms with van der Waals surface area (Å²) in [5.74, 6) is 0.576. The van der Waals surface area contributed by atoms with Crippen LogP contribution in [0.15, 0.2) is 0 Å². The van der Waals surface area contributed by atoms with E-state index < -0.39 is 0 Å². The largest absolute Gasteiger partial charge is 0.342 e. The number of carbonyl (C=O) groups excluding carboxylic acids is 2. The van der Waals surface area contributed by atoms with Crippen molar-refractivity contribution in [3.05, 3.63) is 0 Å². The minimum atomic E-state index is -0.334. The molecule has 0 radical (unpaired) electrons. The number of rotatable bonds is 4. The van der Waals surface area contributed by atoms with Gasteiger partial charge in [-0.2, -0.15) is 0 Å². The predicted molar refractivity (Wildman–Crippen MR) is 83.8 cm³/mol. The molecule has 4 heteroatoms. The maximum atomic E-state index is 13.0. The summed E-state index contributed by atoms with van der Waals surface area (Å²) in [7, 11) is 0. The molecule has 4 nitrogen and oxygen atoms in total. The lowest BCUT2D eigenvalue weighted by Gasteiger charge is -2.51. The highest BCUT2D eigenvalue weighted by Crippen LogP contribution is 2.37. The molecule has 2 rings (SSSR count). The Bertz CT molecular complexity index is 400. The minimum Gasteiger partial charge on any atom is -0.342 e. The number of piperazine rings is 1. The van der Waals surface area contributed by atoms with E-state index in [2.05, 4.69) is 26.1 Å². The topological polar surface area (TPSA) is 49.4 Å². The van der Waals surface area contributed by atoms with Gasteiger partial charge in [-0.3, -0.25) is 9.59 Å². The van der Waals surface area contributed by atoms with Gasteiger partial charge in [0.2, 0.25) is 11.8 Å². The van der Waals surface area contributed by atoms with Crippen LogP contribution in [0, 0.1) is 5.92 Å². The summed E-state index contributed by atoms with van der Waals surface area (Å²) in [4.78, 5) is 27.4. The average Bonchev–Trinajstić information content (AvgIpc) is 2.42. The lowest BCUT2D eigenvalue weighted by molar-refractivity contribution is -0.158. The molecule has 2 atom stereocenters. The van der Waals surface area contributed by atoms with E-state index in [1.807, 2.05) is 11.8 Å². The van der Waals surface area contributed by atoms with Crippen molar-refractivity contribution in [3.63, 3.8) is 0 Å². The van der Waals surface area contributed by atoms with Gasteiger partial charge < -0.3 is 10.2 Å². The third-order valence-corrected chi connectivity index (χ3v) is 5.07. The molecule has 2 amide bonds. The SMILES string of the molecule is CCC1C(=O)NC(CC(C)C)C(=O)N1C1(C)CCCCC1. The summed E-state index contributed by atoms with van der Waals surface area (Å²) < 4.78 is 0. The van der Waals surface area contributed by atoms with Crippen molar-refractivity contribution in [1.82, 2.24) is 10.2 Å². The Morgan fingerprint density at radius 1 is 1.24 bits per heavy atom. The Hall–Kier alpha value is -1.06. The van der Waals surface area contributed by atoms with Crippen LogP contribution >= 0.6 is 0 Å². The molecule has 0 aromatic carbocycles. The first-order chi connectivity index (χ1) is 9.89. The second kappa shape index (κ2) is 6.37. The highest BCUT2D eigenvalue weighted by molar-refractivity contribution is 5.97. The van der Waals surface area contributed by atoms with Gasteiger partial charge in [0.15, 0.2) is 0 Å². The Balaban J connectivity index is 2.28. The molecular formula is C17H30N2O2. The van der Waals surface area contributed by atoms with Crippen LogP contribution in [0.4, 0.5) is 0 Å². The summed E-state index contributed by atoms with van der Waals surface area (Å²) in [5, 5.41) is 2.95. The highest BCUT2D eigenvalue weighted by Gasteiger charge is 2.48. The van der Waals surface area contributed by atoms with E-state index in [0.29, 0.717) is 12.3 Å². The Morgan fingerprint density at radius 3 is 2.38 bits per heavy atom. The zero-order valence-corrected chi connectivity index (χ0v) is 13.9. The molecule has 2 fully saturated rings. The van der Waals surface area contributed by atoms with Gasteiger partial charge in [0.1, 0.15) is 12.1 Å². The van der Waals surface area contributed by atoms with E-state index >= 15 is 0 Å². The summed E-state index contributed by atoms with van der Waals surface area (Å²) in [5.41, 5.74) is -0.136. The number of carbonyl (C=O) groups is 2. The Labute approximate surface area is 128 Å². The second-order valence-electron chi connectivity index (χ2n) is 7.38. The highest BCUT2D eigenvalue weighted by atomic mass is 16.2. The zero-order chi connectivity index (χ0) is 15.6. The van der Waals surface area contributed by atoms with E-state index in [-0.39, 0.29) is 29.4 Å². The van der Waals surface area contributed by atoms with Crippen LogP contribution < -0.4 is 5.32 Å². The van der Waals surface area contributed by atoms with Crippen LogP contribution in [-0.4, -0.2) is 34.3 Å². The third-order valence-electron chi connectivity index (χ3n) is 5.07. The summed E-state index contributed by atoms with van der Waals surface area (Å²) in [6, 6.07) is -0.622. The van der Waals surface area contributed by atoms with Gasteiger partial charge in [-0.15, -0.1) is 0 Å². The van der Waals surface area contributed by atoms with Crippen molar-refractivity contribution < 1.29 is 9.59 Å². The van der Waals surface area contributed by atoms with Gasteiger partial charge in [-0.05, 0) is 38.5 Å². The average molecular weight is 294 g/mol. The fraction of sp³-hybridized carbons (Fsp3) is 0.882. The molecule has 1 N–H and O–H groups in total. The van der Waals surface area contributed by atoms with Crippen molar-refractivity contribution in [3.8, 4) is 0 Å². The zero-order valence-electron chi connectivity index (χ0n) is 13.9. The van der Waals surface area contributed by atoms with Gasteiger partial charge in [0, 0.05) is 5.54 Å². The normalized spacial score (nSPS) is 29.7. The van der Waals surface area contributed by atoms with Crippen LogP contribution in [0.5, 0.6) is 0 Å². The molecule has 1 heterocycles. The smallest absolute Gasteiger partial charge is 0.246 e. The van der Waals surface area contributed by atoms with E-state index in [9.17, 15) is 9.59 Å².